The van der Waals surface area contributed by atoms with E-state index < -0.39 is 0 Å². The minimum atomic E-state index is 0.796. The average Bonchev–Trinajstić information content (AvgIpc) is 2.58. The van der Waals surface area contributed by atoms with Crippen LogP contribution in [0.4, 0.5) is 0 Å². The highest BCUT2D eigenvalue weighted by Gasteiger charge is 1.96. The third-order valence-electron chi connectivity index (χ3n) is 1.88. The minimum Gasteiger partial charge on any atom is -0.383 e. The van der Waals surface area contributed by atoms with Crippen LogP contribution in [0, 0.1) is 0 Å². The molecule has 0 fully saturated rings. The van der Waals surface area contributed by atoms with Gasteiger partial charge in [0, 0.05) is 28.4 Å². The quantitative estimate of drug-likeness (QED) is 0.774. The van der Waals surface area contributed by atoms with Crippen LogP contribution in [-0.2, 0) is 11.2 Å². The van der Waals surface area contributed by atoms with Gasteiger partial charge in [-0.1, -0.05) is 0 Å². The van der Waals surface area contributed by atoms with E-state index in [1.807, 2.05) is 11.3 Å². The summed E-state index contributed by atoms with van der Waals surface area (Å²) in [5.41, 5.74) is 0. The molecule has 0 atom stereocenters. The Balaban J connectivity index is 1.99. The van der Waals surface area contributed by atoms with E-state index in [0.717, 1.165) is 26.1 Å². The molecule has 0 spiro atoms. The zero-order chi connectivity index (χ0) is 10.2. The van der Waals surface area contributed by atoms with E-state index in [1.54, 1.807) is 7.11 Å². The van der Waals surface area contributed by atoms with Crippen molar-refractivity contribution in [2.75, 3.05) is 26.8 Å². The molecule has 0 unspecified atom stereocenters. The summed E-state index contributed by atoms with van der Waals surface area (Å²) in [6, 6.07) is 2.19. The van der Waals surface area contributed by atoms with Gasteiger partial charge in [-0.2, -0.15) is 0 Å². The van der Waals surface area contributed by atoms with Crippen molar-refractivity contribution < 1.29 is 4.74 Å². The number of hydrogen-bond donors (Lipinski definition) is 1. The number of halogens is 1. The topological polar surface area (TPSA) is 21.3 Å². The normalized spacial score (nSPS) is 10.7. The molecule has 1 heterocycles. The Hall–Kier alpha value is 0.1000. The summed E-state index contributed by atoms with van der Waals surface area (Å²) >= 11 is 5.27. The highest BCUT2D eigenvalue weighted by atomic mass is 79.9. The third kappa shape index (κ3) is 5.10. The Kier molecular flexibility index (Phi) is 6.43. The number of rotatable bonds is 7. The molecule has 0 saturated carbocycles. The summed E-state index contributed by atoms with van der Waals surface area (Å²) < 4.78 is 6.14. The van der Waals surface area contributed by atoms with Gasteiger partial charge in [0.15, 0.2) is 0 Å². The molecule has 14 heavy (non-hydrogen) atoms. The fourth-order valence-corrected chi connectivity index (χ4v) is 2.67. The second-order valence-electron chi connectivity index (χ2n) is 3.08. The maximum absolute atomic E-state index is 4.94. The Morgan fingerprint density at radius 1 is 1.50 bits per heavy atom. The van der Waals surface area contributed by atoms with E-state index >= 15 is 0 Å². The van der Waals surface area contributed by atoms with Crippen molar-refractivity contribution >= 4 is 27.3 Å². The van der Waals surface area contributed by atoms with Gasteiger partial charge in [-0.05, 0) is 41.4 Å². The van der Waals surface area contributed by atoms with Gasteiger partial charge < -0.3 is 10.1 Å². The first-order valence-electron chi connectivity index (χ1n) is 4.75. The summed E-state index contributed by atoms with van der Waals surface area (Å²) in [5, 5.41) is 5.46. The fraction of sp³-hybridized carbons (Fsp3) is 0.600. The monoisotopic (exact) mass is 277 g/mol. The van der Waals surface area contributed by atoms with Gasteiger partial charge in [0.2, 0.25) is 0 Å². The smallest absolute Gasteiger partial charge is 0.0587 e. The molecule has 1 aromatic heterocycles. The number of thiophene rings is 1. The number of ether oxygens (including phenoxy) is 1. The maximum atomic E-state index is 4.94. The van der Waals surface area contributed by atoms with Crippen molar-refractivity contribution in [3.05, 3.63) is 20.8 Å². The minimum absolute atomic E-state index is 0.796. The summed E-state index contributed by atoms with van der Waals surface area (Å²) in [5.74, 6) is 0. The van der Waals surface area contributed by atoms with Gasteiger partial charge in [-0.25, -0.2) is 0 Å². The fourth-order valence-electron chi connectivity index (χ4n) is 1.17. The van der Waals surface area contributed by atoms with Crippen LogP contribution in [0.5, 0.6) is 0 Å². The number of methoxy groups -OCH3 is 1. The Bertz CT molecular complexity index is 252. The number of aryl methyl sites for hydroxylation is 1. The molecule has 0 aliphatic heterocycles. The van der Waals surface area contributed by atoms with Crippen LogP contribution in [0.15, 0.2) is 15.9 Å². The van der Waals surface area contributed by atoms with Gasteiger partial charge in [0.1, 0.15) is 0 Å². The molecule has 0 saturated heterocycles. The van der Waals surface area contributed by atoms with Gasteiger partial charge in [0.05, 0.1) is 6.61 Å². The highest BCUT2D eigenvalue weighted by molar-refractivity contribution is 9.10. The molecular weight excluding hydrogens is 262 g/mol. The number of nitrogens with one attached hydrogen (secondary N) is 1. The standard InChI is InChI=1S/C10H16BrNOS/c1-13-6-5-12-4-2-3-10-7-9(11)8-14-10/h7-8,12H,2-6H2,1H3. The van der Waals surface area contributed by atoms with Crippen LogP contribution in [0.25, 0.3) is 0 Å². The van der Waals surface area contributed by atoms with Crippen LogP contribution >= 0.6 is 27.3 Å². The van der Waals surface area contributed by atoms with E-state index in [1.165, 1.54) is 15.8 Å². The van der Waals surface area contributed by atoms with Crippen molar-refractivity contribution in [2.24, 2.45) is 0 Å². The molecule has 0 aliphatic carbocycles. The van der Waals surface area contributed by atoms with Crippen LogP contribution in [-0.4, -0.2) is 26.8 Å². The van der Waals surface area contributed by atoms with Crippen LogP contribution < -0.4 is 5.32 Å². The first kappa shape index (κ1) is 12.2. The average molecular weight is 278 g/mol. The van der Waals surface area contributed by atoms with Gasteiger partial charge >= 0.3 is 0 Å². The lowest BCUT2D eigenvalue weighted by Gasteiger charge is -2.02. The molecule has 0 radical (unpaired) electrons. The van der Waals surface area contributed by atoms with Crippen molar-refractivity contribution in [1.29, 1.82) is 0 Å². The Morgan fingerprint density at radius 2 is 2.36 bits per heavy atom. The van der Waals surface area contributed by atoms with Crippen LogP contribution in [0.2, 0.25) is 0 Å². The summed E-state index contributed by atoms with van der Waals surface area (Å²) in [4.78, 5) is 1.45. The van der Waals surface area contributed by atoms with E-state index in [9.17, 15) is 0 Å². The summed E-state index contributed by atoms with van der Waals surface area (Å²) in [7, 11) is 1.73. The molecule has 0 bridgehead atoms. The van der Waals surface area contributed by atoms with E-state index in [2.05, 4.69) is 32.7 Å². The molecule has 1 N–H and O–H groups in total. The second-order valence-corrected chi connectivity index (χ2v) is 4.99. The zero-order valence-electron chi connectivity index (χ0n) is 8.38. The molecule has 1 rings (SSSR count). The Morgan fingerprint density at radius 3 is 3.00 bits per heavy atom. The second kappa shape index (κ2) is 7.40. The Labute approximate surface area is 97.8 Å². The van der Waals surface area contributed by atoms with Crippen molar-refractivity contribution in [1.82, 2.24) is 5.32 Å². The van der Waals surface area contributed by atoms with Gasteiger partial charge in [-0.15, -0.1) is 11.3 Å². The number of hydrogen-bond acceptors (Lipinski definition) is 3. The predicted octanol–water partition coefficient (Wildman–Crippen LogP) is 2.68. The SMILES string of the molecule is COCCNCCCc1cc(Br)cs1. The maximum Gasteiger partial charge on any atom is 0.0587 e. The molecule has 2 nitrogen and oxygen atoms in total. The first-order chi connectivity index (χ1) is 6.83. The summed E-state index contributed by atoms with van der Waals surface area (Å²) in [6.45, 7) is 2.81. The van der Waals surface area contributed by atoms with Crippen LogP contribution in [0.1, 0.15) is 11.3 Å². The largest absolute Gasteiger partial charge is 0.383 e. The third-order valence-corrected chi connectivity index (χ3v) is 3.64. The molecule has 0 amide bonds. The van der Waals surface area contributed by atoms with E-state index in [0.29, 0.717) is 0 Å². The van der Waals surface area contributed by atoms with Crippen molar-refractivity contribution in [2.45, 2.75) is 12.8 Å². The molecule has 0 aliphatic rings. The molecular formula is C10H16BrNOS. The predicted molar refractivity (Wildman–Crippen MR) is 65.1 cm³/mol. The molecule has 4 heteroatoms. The summed E-state index contributed by atoms with van der Waals surface area (Å²) in [6.07, 6.45) is 2.35. The van der Waals surface area contributed by atoms with E-state index in [-0.39, 0.29) is 0 Å². The van der Waals surface area contributed by atoms with Crippen LogP contribution in [0.3, 0.4) is 0 Å². The van der Waals surface area contributed by atoms with Crippen molar-refractivity contribution in [3.63, 3.8) is 0 Å². The van der Waals surface area contributed by atoms with Gasteiger partial charge in [0.25, 0.3) is 0 Å². The molecule has 80 valence electrons. The lowest BCUT2D eigenvalue weighted by Crippen LogP contribution is -2.20. The first-order valence-corrected chi connectivity index (χ1v) is 6.43. The van der Waals surface area contributed by atoms with Gasteiger partial charge in [-0.3, -0.25) is 0 Å². The highest BCUT2D eigenvalue weighted by Crippen LogP contribution is 2.20. The van der Waals surface area contributed by atoms with E-state index in [4.69, 9.17) is 4.74 Å². The zero-order valence-corrected chi connectivity index (χ0v) is 10.8. The van der Waals surface area contributed by atoms with Crippen molar-refractivity contribution in [3.8, 4) is 0 Å². The molecule has 0 aromatic carbocycles. The lowest BCUT2D eigenvalue weighted by molar-refractivity contribution is 0.199. The lowest BCUT2D eigenvalue weighted by atomic mass is 10.2. The molecule has 1 aromatic rings.